The molecule has 0 spiro atoms. The minimum atomic E-state index is -0.104. The third-order valence-corrected chi connectivity index (χ3v) is 4.11. The topological polar surface area (TPSA) is 86.1 Å². The molecule has 0 atom stereocenters. The molecule has 1 aromatic carbocycles. The second-order valence-corrected chi connectivity index (χ2v) is 6.10. The van der Waals surface area contributed by atoms with Crippen molar-refractivity contribution in [2.75, 3.05) is 0 Å². The Bertz CT molecular complexity index is 1070. The molecular weight excluding hydrogens is 332 g/mol. The van der Waals surface area contributed by atoms with Crippen molar-refractivity contribution < 1.29 is 13.6 Å². The van der Waals surface area contributed by atoms with E-state index in [1.54, 1.807) is 6.92 Å². The number of furan rings is 1. The quantitative estimate of drug-likeness (QED) is 0.597. The molecule has 4 rings (SSSR count). The fourth-order valence-corrected chi connectivity index (χ4v) is 2.93. The van der Waals surface area contributed by atoms with Crippen LogP contribution in [-0.4, -0.2) is 20.7 Å². The van der Waals surface area contributed by atoms with E-state index < -0.39 is 0 Å². The molecule has 0 radical (unpaired) electrons. The van der Waals surface area contributed by atoms with Crippen LogP contribution < -0.4 is 5.32 Å². The van der Waals surface area contributed by atoms with Crippen LogP contribution in [0.4, 0.5) is 0 Å². The van der Waals surface area contributed by atoms with Gasteiger partial charge in [0.25, 0.3) is 0 Å². The highest BCUT2D eigenvalue weighted by atomic mass is 16.4. The van der Waals surface area contributed by atoms with Gasteiger partial charge in [-0.25, -0.2) is 0 Å². The standard InChI is InChI=1S/C19H18N4O3/c1-12-7-8-14(25-12)9-20-18(24)11-23-10-16(19-22-21-13(2)26-19)15-5-3-4-6-17(15)23/h3-8,10H,9,11H2,1-2H3,(H,20,24). The Kier molecular flexibility index (Phi) is 4.04. The fourth-order valence-electron chi connectivity index (χ4n) is 2.93. The summed E-state index contributed by atoms with van der Waals surface area (Å²) in [4.78, 5) is 12.4. The second kappa shape index (κ2) is 6.51. The molecule has 1 amide bonds. The summed E-state index contributed by atoms with van der Waals surface area (Å²) in [6, 6.07) is 11.6. The number of nitrogens with zero attached hydrogens (tertiary/aromatic N) is 3. The lowest BCUT2D eigenvalue weighted by Gasteiger charge is -2.06. The number of rotatable bonds is 5. The van der Waals surface area contributed by atoms with Gasteiger partial charge in [0.05, 0.1) is 12.1 Å². The minimum Gasteiger partial charge on any atom is -0.465 e. The van der Waals surface area contributed by atoms with Crippen molar-refractivity contribution in [1.82, 2.24) is 20.1 Å². The molecule has 3 heterocycles. The number of aromatic nitrogens is 3. The maximum atomic E-state index is 12.4. The van der Waals surface area contributed by atoms with E-state index in [0.29, 0.717) is 18.3 Å². The average Bonchev–Trinajstić information content (AvgIpc) is 3.33. The summed E-state index contributed by atoms with van der Waals surface area (Å²) >= 11 is 0. The summed E-state index contributed by atoms with van der Waals surface area (Å²) in [6.07, 6.45) is 1.87. The zero-order chi connectivity index (χ0) is 18.1. The van der Waals surface area contributed by atoms with E-state index >= 15 is 0 Å². The number of benzene rings is 1. The SMILES string of the molecule is Cc1ccc(CNC(=O)Cn2cc(-c3nnc(C)o3)c3ccccc32)o1. The van der Waals surface area contributed by atoms with Crippen LogP contribution in [0.3, 0.4) is 0 Å². The van der Waals surface area contributed by atoms with E-state index in [9.17, 15) is 4.79 Å². The first-order valence-electron chi connectivity index (χ1n) is 8.30. The summed E-state index contributed by atoms with van der Waals surface area (Å²) in [7, 11) is 0. The van der Waals surface area contributed by atoms with E-state index in [1.807, 2.05) is 54.1 Å². The molecule has 0 saturated heterocycles. The smallest absolute Gasteiger partial charge is 0.249 e. The van der Waals surface area contributed by atoms with Gasteiger partial charge in [-0.15, -0.1) is 10.2 Å². The van der Waals surface area contributed by atoms with Gasteiger partial charge in [0, 0.05) is 24.0 Å². The second-order valence-electron chi connectivity index (χ2n) is 6.10. The molecule has 132 valence electrons. The molecule has 1 N–H and O–H groups in total. The van der Waals surface area contributed by atoms with Crippen LogP contribution >= 0.6 is 0 Å². The van der Waals surface area contributed by atoms with E-state index in [2.05, 4.69) is 15.5 Å². The normalized spacial score (nSPS) is 11.2. The lowest BCUT2D eigenvalue weighted by Crippen LogP contribution is -2.26. The molecule has 0 bridgehead atoms. The van der Waals surface area contributed by atoms with Crippen LogP contribution in [0.25, 0.3) is 22.4 Å². The van der Waals surface area contributed by atoms with Crippen LogP contribution in [0.1, 0.15) is 17.4 Å². The third kappa shape index (κ3) is 3.11. The number of aryl methyl sites for hydroxylation is 2. The van der Waals surface area contributed by atoms with Crippen molar-refractivity contribution in [3.63, 3.8) is 0 Å². The number of nitrogens with one attached hydrogen (secondary N) is 1. The summed E-state index contributed by atoms with van der Waals surface area (Å²) < 4.78 is 12.9. The third-order valence-electron chi connectivity index (χ3n) is 4.11. The van der Waals surface area contributed by atoms with Crippen LogP contribution in [0.15, 0.2) is 51.4 Å². The number of hydrogen-bond acceptors (Lipinski definition) is 5. The molecule has 0 saturated carbocycles. The lowest BCUT2D eigenvalue weighted by molar-refractivity contribution is -0.121. The molecular formula is C19H18N4O3. The van der Waals surface area contributed by atoms with E-state index in [-0.39, 0.29) is 12.5 Å². The summed E-state index contributed by atoms with van der Waals surface area (Å²) in [5.74, 6) is 2.40. The van der Waals surface area contributed by atoms with Crippen molar-refractivity contribution in [1.29, 1.82) is 0 Å². The average molecular weight is 350 g/mol. The first-order valence-corrected chi connectivity index (χ1v) is 8.30. The number of fused-ring (bicyclic) bond motifs is 1. The minimum absolute atomic E-state index is 0.104. The molecule has 0 aliphatic rings. The van der Waals surface area contributed by atoms with Crippen molar-refractivity contribution in [2.45, 2.75) is 26.9 Å². The van der Waals surface area contributed by atoms with Crippen molar-refractivity contribution in [3.8, 4) is 11.5 Å². The van der Waals surface area contributed by atoms with Gasteiger partial charge in [0.1, 0.15) is 18.1 Å². The van der Waals surface area contributed by atoms with E-state index in [0.717, 1.165) is 28.0 Å². The number of para-hydroxylation sites is 1. The summed E-state index contributed by atoms with van der Waals surface area (Å²) in [5.41, 5.74) is 1.75. The highest BCUT2D eigenvalue weighted by Crippen LogP contribution is 2.29. The maximum Gasteiger partial charge on any atom is 0.249 e. The highest BCUT2D eigenvalue weighted by molar-refractivity contribution is 5.94. The Morgan fingerprint density at radius 1 is 1.12 bits per heavy atom. The first kappa shape index (κ1) is 16.1. The Balaban J connectivity index is 1.57. The number of carbonyl (C=O) groups is 1. The van der Waals surface area contributed by atoms with E-state index in [4.69, 9.17) is 8.83 Å². The fraction of sp³-hybridized carbons (Fsp3) is 0.211. The molecule has 0 unspecified atom stereocenters. The Labute approximate surface area is 149 Å². The predicted molar refractivity (Wildman–Crippen MR) is 95.3 cm³/mol. The molecule has 7 nitrogen and oxygen atoms in total. The predicted octanol–water partition coefficient (Wildman–Crippen LogP) is 3.22. The van der Waals surface area contributed by atoms with Gasteiger partial charge in [-0.3, -0.25) is 4.79 Å². The molecule has 0 aliphatic carbocycles. The Morgan fingerprint density at radius 2 is 1.96 bits per heavy atom. The van der Waals surface area contributed by atoms with Crippen molar-refractivity contribution in [2.24, 2.45) is 0 Å². The first-order chi connectivity index (χ1) is 12.6. The monoisotopic (exact) mass is 350 g/mol. The molecule has 7 heteroatoms. The highest BCUT2D eigenvalue weighted by Gasteiger charge is 2.16. The van der Waals surface area contributed by atoms with Gasteiger partial charge >= 0.3 is 0 Å². The Morgan fingerprint density at radius 3 is 2.69 bits per heavy atom. The number of hydrogen-bond donors (Lipinski definition) is 1. The van der Waals surface area contributed by atoms with Gasteiger partial charge in [-0.05, 0) is 25.1 Å². The number of carbonyl (C=O) groups excluding carboxylic acids is 1. The molecule has 4 aromatic rings. The van der Waals surface area contributed by atoms with Crippen molar-refractivity contribution in [3.05, 3.63) is 60.0 Å². The van der Waals surface area contributed by atoms with Gasteiger partial charge in [0.15, 0.2) is 0 Å². The van der Waals surface area contributed by atoms with Gasteiger partial charge in [-0.1, -0.05) is 18.2 Å². The lowest BCUT2D eigenvalue weighted by atomic mass is 10.2. The molecule has 0 fully saturated rings. The number of amides is 1. The largest absolute Gasteiger partial charge is 0.465 e. The molecule has 3 aromatic heterocycles. The van der Waals surface area contributed by atoms with Gasteiger partial charge in [0.2, 0.25) is 17.7 Å². The van der Waals surface area contributed by atoms with Crippen LogP contribution in [0.2, 0.25) is 0 Å². The van der Waals surface area contributed by atoms with Crippen LogP contribution in [0.5, 0.6) is 0 Å². The maximum absolute atomic E-state index is 12.4. The van der Waals surface area contributed by atoms with Crippen LogP contribution in [-0.2, 0) is 17.9 Å². The summed E-state index contributed by atoms with van der Waals surface area (Å²) in [6.45, 7) is 4.17. The Hall–Kier alpha value is -3.35. The van der Waals surface area contributed by atoms with Gasteiger partial charge in [-0.2, -0.15) is 0 Å². The zero-order valence-corrected chi connectivity index (χ0v) is 14.5. The molecule has 0 aliphatic heterocycles. The van der Waals surface area contributed by atoms with Gasteiger partial charge < -0.3 is 18.7 Å². The zero-order valence-electron chi connectivity index (χ0n) is 14.5. The van der Waals surface area contributed by atoms with E-state index in [1.165, 1.54) is 0 Å². The molecule has 26 heavy (non-hydrogen) atoms. The summed E-state index contributed by atoms with van der Waals surface area (Å²) in [5, 5.41) is 11.8. The van der Waals surface area contributed by atoms with Crippen LogP contribution in [0, 0.1) is 13.8 Å². The van der Waals surface area contributed by atoms with Crippen molar-refractivity contribution >= 4 is 16.8 Å².